The van der Waals surface area contributed by atoms with Crippen LogP contribution < -0.4 is 5.73 Å². The second kappa shape index (κ2) is 4.63. The average molecular weight is 196 g/mol. The number of rotatable bonds is 3. The van der Waals surface area contributed by atoms with E-state index < -0.39 is 0 Å². The Kier molecular flexibility index (Phi) is 3.45. The van der Waals surface area contributed by atoms with Crippen LogP contribution in [0.25, 0.3) is 0 Å². The summed E-state index contributed by atoms with van der Waals surface area (Å²) in [6.07, 6.45) is 7.29. The van der Waals surface area contributed by atoms with E-state index in [4.69, 9.17) is 5.73 Å². The van der Waals surface area contributed by atoms with Crippen molar-refractivity contribution in [1.82, 2.24) is 4.90 Å². The van der Waals surface area contributed by atoms with Gasteiger partial charge < -0.3 is 5.73 Å². The van der Waals surface area contributed by atoms with Crippen molar-refractivity contribution in [3.8, 4) is 0 Å². The fraction of sp³-hybridized carbons (Fsp3) is 1.00. The first kappa shape index (κ1) is 10.4. The molecule has 2 fully saturated rings. The van der Waals surface area contributed by atoms with Gasteiger partial charge in [0.15, 0.2) is 0 Å². The van der Waals surface area contributed by atoms with Crippen LogP contribution in [-0.2, 0) is 0 Å². The average Bonchev–Trinajstić information content (AvgIpc) is 2.66. The number of hydrogen-bond acceptors (Lipinski definition) is 2. The van der Waals surface area contributed by atoms with E-state index in [1.165, 1.54) is 45.2 Å². The highest BCUT2D eigenvalue weighted by Gasteiger charge is 2.34. The zero-order chi connectivity index (χ0) is 9.97. The number of likely N-dealkylation sites (tertiary alicyclic amines) is 1. The second-order valence-corrected chi connectivity index (χ2v) is 5.24. The van der Waals surface area contributed by atoms with Crippen molar-refractivity contribution in [2.75, 3.05) is 19.6 Å². The van der Waals surface area contributed by atoms with Gasteiger partial charge in [-0.05, 0) is 50.6 Å². The number of fused-ring (bicyclic) bond motifs is 1. The summed E-state index contributed by atoms with van der Waals surface area (Å²) in [5.74, 6) is 1.70. The lowest BCUT2D eigenvalue weighted by Crippen LogP contribution is -2.45. The Hall–Kier alpha value is -0.0800. The molecule has 82 valence electrons. The minimum absolute atomic E-state index is 0.675. The first-order valence-electron chi connectivity index (χ1n) is 6.25. The summed E-state index contributed by atoms with van der Waals surface area (Å²) in [6, 6.07) is 0.915. The van der Waals surface area contributed by atoms with Gasteiger partial charge in [-0.1, -0.05) is 13.3 Å². The topological polar surface area (TPSA) is 29.3 Å². The van der Waals surface area contributed by atoms with Gasteiger partial charge in [-0.3, -0.25) is 4.90 Å². The predicted octanol–water partition coefficient (Wildman–Crippen LogP) is 1.85. The minimum atomic E-state index is 0.675. The van der Waals surface area contributed by atoms with Crippen LogP contribution in [0.1, 0.15) is 39.0 Å². The lowest BCUT2D eigenvalue weighted by molar-refractivity contribution is 0.0986. The molecular weight excluding hydrogens is 172 g/mol. The van der Waals surface area contributed by atoms with Gasteiger partial charge in [0.25, 0.3) is 0 Å². The third-order valence-corrected chi connectivity index (χ3v) is 4.06. The smallest absolute Gasteiger partial charge is 0.0124 e. The van der Waals surface area contributed by atoms with Gasteiger partial charge in [-0.2, -0.15) is 0 Å². The van der Waals surface area contributed by atoms with Crippen LogP contribution in [-0.4, -0.2) is 30.6 Å². The SMILES string of the molecule is CC(CN)CN1CCCC2CCCC21. The molecule has 2 nitrogen and oxygen atoms in total. The molecule has 2 heteroatoms. The van der Waals surface area contributed by atoms with Gasteiger partial charge in [-0.15, -0.1) is 0 Å². The lowest BCUT2D eigenvalue weighted by atomic mass is 9.91. The van der Waals surface area contributed by atoms with E-state index in [0.717, 1.165) is 18.5 Å². The Morgan fingerprint density at radius 1 is 1.29 bits per heavy atom. The van der Waals surface area contributed by atoms with Crippen molar-refractivity contribution in [1.29, 1.82) is 0 Å². The summed E-state index contributed by atoms with van der Waals surface area (Å²) < 4.78 is 0. The van der Waals surface area contributed by atoms with Gasteiger partial charge in [0.05, 0.1) is 0 Å². The summed E-state index contributed by atoms with van der Waals surface area (Å²) in [6.45, 7) is 5.68. The van der Waals surface area contributed by atoms with E-state index in [1.807, 2.05) is 0 Å². The summed E-state index contributed by atoms with van der Waals surface area (Å²) in [5.41, 5.74) is 5.70. The van der Waals surface area contributed by atoms with E-state index in [-0.39, 0.29) is 0 Å². The maximum atomic E-state index is 5.70. The van der Waals surface area contributed by atoms with Crippen molar-refractivity contribution in [3.63, 3.8) is 0 Å². The van der Waals surface area contributed by atoms with Crippen molar-refractivity contribution < 1.29 is 0 Å². The zero-order valence-corrected chi connectivity index (χ0v) is 9.41. The molecule has 1 saturated carbocycles. The molecule has 0 aromatic heterocycles. The molecule has 0 radical (unpaired) electrons. The molecule has 0 spiro atoms. The normalized spacial score (nSPS) is 35.6. The van der Waals surface area contributed by atoms with Gasteiger partial charge in [0.2, 0.25) is 0 Å². The molecule has 2 N–H and O–H groups in total. The lowest BCUT2D eigenvalue weighted by Gasteiger charge is -2.39. The highest BCUT2D eigenvalue weighted by Crippen LogP contribution is 2.36. The molecule has 0 amide bonds. The Morgan fingerprint density at radius 3 is 2.86 bits per heavy atom. The van der Waals surface area contributed by atoms with E-state index in [1.54, 1.807) is 0 Å². The van der Waals surface area contributed by atoms with Gasteiger partial charge >= 0.3 is 0 Å². The Bertz CT molecular complexity index is 181. The molecule has 1 saturated heterocycles. The van der Waals surface area contributed by atoms with Crippen LogP contribution >= 0.6 is 0 Å². The van der Waals surface area contributed by atoms with E-state index in [9.17, 15) is 0 Å². The third kappa shape index (κ3) is 2.12. The Morgan fingerprint density at radius 2 is 2.07 bits per heavy atom. The molecule has 14 heavy (non-hydrogen) atoms. The quantitative estimate of drug-likeness (QED) is 0.746. The third-order valence-electron chi connectivity index (χ3n) is 4.06. The first-order chi connectivity index (χ1) is 6.81. The van der Waals surface area contributed by atoms with Crippen molar-refractivity contribution in [2.45, 2.75) is 45.1 Å². The van der Waals surface area contributed by atoms with Crippen LogP contribution in [0.3, 0.4) is 0 Å². The Labute approximate surface area is 87.8 Å². The largest absolute Gasteiger partial charge is 0.330 e. The van der Waals surface area contributed by atoms with Gasteiger partial charge in [-0.25, -0.2) is 0 Å². The summed E-state index contributed by atoms with van der Waals surface area (Å²) in [5, 5.41) is 0. The van der Waals surface area contributed by atoms with E-state index in [0.29, 0.717) is 5.92 Å². The number of nitrogens with two attached hydrogens (primary N) is 1. The number of piperidine rings is 1. The Balaban J connectivity index is 1.90. The van der Waals surface area contributed by atoms with Crippen LogP contribution in [0.4, 0.5) is 0 Å². The van der Waals surface area contributed by atoms with Crippen LogP contribution in [0.5, 0.6) is 0 Å². The number of hydrogen-bond donors (Lipinski definition) is 1. The fourth-order valence-corrected chi connectivity index (χ4v) is 3.26. The summed E-state index contributed by atoms with van der Waals surface area (Å²) >= 11 is 0. The zero-order valence-electron chi connectivity index (χ0n) is 9.41. The molecule has 0 bridgehead atoms. The monoisotopic (exact) mass is 196 g/mol. The van der Waals surface area contributed by atoms with Crippen LogP contribution in [0.2, 0.25) is 0 Å². The summed E-state index contributed by atoms with van der Waals surface area (Å²) in [7, 11) is 0. The maximum absolute atomic E-state index is 5.70. The van der Waals surface area contributed by atoms with Gasteiger partial charge in [0, 0.05) is 12.6 Å². The molecule has 2 rings (SSSR count). The van der Waals surface area contributed by atoms with E-state index in [2.05, 4.69) is 11.8 Å². The molecule has 3 unspecified atom stereocenters. The van der Waals surface area contributed by atoms with Crippen molar-refractivity contribution >= 4 is 0 Å². The maximum Gasteiger partial charge on any atom is 0.0124 e. The van der Waals surface area contributed by atoms with Gasteiger partial charge in [0.1, 0.15) is 0 Å². The molecule has 1 aliphatic carbocycles. The standard InChI is InChI=1S/C12H24N2/c1-10(8-13)9-14-7-3-5-11-4-2-6-12(11)14/h10-12H,2-9,13H2,1H3. The molecule has 0 aromatic carbocycles. The molecule has 0 aromatic rings. The minimum Gasteiger partial charge on any atom is -0.330 e. The molecule has 1 heterocycles. The molecule has 2 aliphatic rings. The van der Waals surface area contributed by atoms with Crippen molar-refractivity contribution in [2.24, 2.45) is 17.6 Å². The highest BCUT2D eigenvalue weighted by molar-refractivity contribution is 4.89. The highest BCUT2D eigenvalue weighted by atomic mass is 15.2. The summed E-state index contributed by atoms with van der Waals surface area (Å²) in [4.78, 5) is 2.72. The number of nitrogens with zero attached hydrogens (tertiary/aromatic N) is 1. The van der Waals surface area contributed by atoms with Crippen LogP contribution in [0, 0.1) is 11.8 Å². The van der Waals surface area contributed by atoms with E-state index >= 15 is 0 Å². The molecule has 3 atom stereocenters. The van der Waals surface area contributed by atoms with Crippen LogP contribution in [0.15, 0.2) is 0 Å². The fourth-order valence-electron chi connectivity index (χ4n) is 3.26. The second-order valence-electron chi connectivity index (χ2n) is 5.24. The van der Waals surface area contributed by atoms with Crippen molar-refractivity contribution in [3.05, 3.63) is 0 Å². The molecular formula is C12H24N2. The first-order valence-corrected chi connectivity index (χ1v) is 6.25. The molecule has 1 aliphatic heterocycles. The predicted molar refractivity (Wildman–Crippen MR) is 60.2 cm³/mol.